The molecule has 6 atom stereocenters. The maximum Gasteiger partial charge on any atom is 0.269 e. The second-order valence-corrected chi connectivity index (χ2v) is 15.0. The Bertz CT molecular complexity index is 2100. The molecular weight excluding hydrogens is 739 g/mol. The number of aliphatic hydroxyl groups is 2. The molecule has 3 aromatic carbocycles. The second kappa shape index (κ2) is 18.8. The van der Waals surface area contributed by atoms with Crippen LogP contribution in [0.25, 0.3) is 11.3 Å². The first kappa shape index (κ1) is 40.6. The number of rotatable bonds is 20. The fourth-order valence-corrected chi connectivity index (χ4v) is 9.01. The van der Waals surface area contributed by atoms with Crippen LogP contribution in [0, 0.1) is 27.9 Å². The van der Waals surface area contributed by atoms with E-state index in [1.54, 1.807) is 30.5 Å². The highest BCUT2D eigenvalue weighted by Gasteiger charge is 2.65. The summed E-state index contributed by atoms with van der Waals surface area (Å²) in [4.78, 5) is 17.0. The van der Waals surface area contributed by atoms with E-state index in [0.29, 0.717) is 43.1 Å². The summed E-state index contributed by atoms with van der Waals surface area (Å²) < 4.78 is 22.4. The highest BCUT2D eigenvalue weighted by atomic mass is 16.7. The number of hydrogen-bond donors (Lipinski definition) is 2. The molecule has 0 saturated heterocycles. The van der Waals surface area contributed by atoms with Gasteiger partial charge in [-0.15, -0.1) is 11.7 Å². The predicted molar refractivity (Wildman–Crippen MR) is 219 cm³/mol. The van der Waals surface area contributed by atoms with E-state index in [1.807, 2.05) is 47.1 Å². The minimum Gasteiger partial charge on any atom is -0.490 e. The lowest BCUT2D eigenvalue weighted by molar-refractivity contribution is -0.384. The third-order valence-electron chi connectivity index (χ3n) is 11.5. The number of benzene rings is 3. The van der Waals surface area contributed by atoms with Crippen molar-refractivity contribution in [3.05, 3.63) is 137 Å². The van der Waals surface area contributed by atoms with Gasteiger partial charge in [-0.05, 0) is 79.0 Å². The molecule has 3 aliphatic rings. The van der Waals surface area contributed by atoms with Gasteiger partial charge in [0.05, 0.1) is 35.1 Å². The van der Waals surface area contributed by atoms with Gasteiger partial charge in [-0.2, -0.15) is 0 Å². The number of non-ortho nitro benzene ring substituents is 1. The molecule has 13 heteroatoms. The van der Waals surface area contributed by atoms with E-state index >= 15 is 0 Å². The number of allylic oxidation sites excluding steroid dienone is 1. The van der Waals surface area contributed by atoms with Crippen molar-refractivity contribution in [2.24, 2.45) is 22.9 Å². The molecular formula is C45H51N5O8. The number of ether oxygens (including phenoxy) is 3. The van der Waals surface area contributed by atoms with Crippen LogP contribution < -0.4 is 9.47 Å². The summed E-state index contributed by atoms with van der Waals surface area (Å²) in [5, 5.41) is 45.1. The smallest absolute Gasteiger partial charge is 0.269 e. The van der Waals surface area contributed by atoms with Gasteiger partial charge in [0.1, 0.15) is 30.8 Å². The van der Waals surface area contributed by atoms with E-state index < -0.39 is 22.7 Å². The average molecular weight is 790 g/mol. The number of aliphatic hydroxyl groups excluding tert-OH is 2. The molecule has 0 bridgehead atoms. The van der Waals surface area contributed by atoms with Gasteiger partial charge < -0.3 is 29.3 Å². The molecule has 2 N–H and O–H groups in total. The first-order chi connectivity index (χ1) is 28.4. The van der Waals surface area contributed by atoms with Gasteiger partial charge in [-0.1, -0.05) is 78.3 Å². The van der Waals surface area contributed by atoms with Crippen LogP contribution in [0.3, 0.4) is 0 Å². The van der Waals surface area contributed by atoms with Gasteiger partial charge in [0, 0.05) is 48.8 Å². The molecule has 2 heterocycles. The standard InChI is InChI=1S/C45H51N5O8/c1-3-24-55-35-20-21-41-38(27-35)43-36(15-9-11-23-52)33(14-8-10-22-51)26-37-39(47-57-30-31-16-18-34(19-17-31)50(53)54)28-42(45(58-41,44(37)43)56-25-4-2)49-40(29-46-48-49)32-12-6-5-7-13-32/h3-7,12-13,16-21,26-27,29,33,36,42-44,51-52H,1-2,8-11,14-15,22-25,28,30H2. The maximum absolute atomic E-state index is 11.3. The second-order valence-electron chi connectivity index (χ2n) is 15.0. The largest absolute Gasteiger partial charge is 0.490 e. The van der Waals surface area contributed by atoms with Crippen LogP contribution in [0.2, 0.25) is 0 Å². The monoisotopic (exact) mass is 789 g/mol. The third-order valence-corrected chi connectivity index (χ3v) is 11.5. The van der Waals surface area contributed by atoms with Gasteiger partial charge in [-0.25, -0.2) is 4.68 Å². The highest BCUT2D eigenvalue weighted by molar-refractivity contribution is 6.02. The fraction of sp³-hybridized carbons (Fsp3) is 0.400. The van der Waals surface area contributed by atoms with Gasteiger partial charge in [-0.3, -0.25) is 10.1 Å². The zero-order valence-electron chi connectivity index (χ0n) is 32.6. The zero-order chi connectivity index (χ0) is 40.5. The summed E-state index contributed by atoms with van der Waals surface area (Å²) >= 11 is 0. The Morgan fingerprint density at radius 3 is 2.47 bits per heavy atom. The van der Waals surface area contributed by atoms with E-state index in [4.69, 9.17) is 29.4 Å². The van der Waals surface area contributed by atoms with Crippen LogP contribution in [-0.4, -0.2) is 68.1 Å². The lowest BCUT2D eigenvalue weighted by atomic mass is 9.55. The Balaban J connectivity index is 1.43. The quantitative estimate of drug-likeness (QED) is 0.0387. The van der Waals surface area contributed by atoms with Crippen molar-refractivity contribution in [2.45, 2.75) is 69.3 Å². The Labute approximate surface area is 338 Å². The molecule has 304 valence electrons. The van der Waals surface area contributed by atoms with Crippen LogP contribution in [0.1, 0.15) is 68.0 Å². The van der Waals surface area contributed by atoms with Gasteiger partial charge in [0.15, 0.2) is 0 Å². The summed E-state index contributed by atoms with van der Waals surface area (Å²) in [6, 6.07) is 21.5. The van der Waals surface area contributed by atoms with Crippen molar-refractivity contribution >= 4 is 11.4 Å². The lowest BCUT2D eigenvalue weighted by Gasteiger charge is -2.58. The van der Waals surface area contributed by atoms with E-state index in [0.717, 1.165) is 53.6 Å². The van der Waals surface area contributed by atoms with Crippen molar-refractivity contribution in [3.63, 3.8) is 0 Å². The number of aromatic nitrogens is 3. The molecule has 6 unspecified atom stereocenters. The Morgan fingerprint density at radius 2 is 1.74 bits per heavy atom. The number of fused-ring (bicyclic) bond motifs is 2. The van der Waals surface area contributed by atoms with Gasteiger partial charge >= 0.3 is 0 Å². The molecule has 0 radical (unpaired) electrons. The Kier molecular flexibility index (Phi) is 13.1. The first-order valence-corrected chi connectivity index (χ1v) is 20.1. The van der Waals surface area contributed by atoms with E-state index in [-0.39, 0.29) is 49.9 Å². The molecule has 1 aromatic heterocycles. The number of nitrogens with zero attached hydrogens (tertiary/aromatic N) is 5. The van der Waals surface area contributed by atoms with Gasteiger partial charge in [0.25, 0.3) is 5.69 Å². The molecule has 1 fully saturated rings. The number of nitro groups is 1. The number of hydrogen-bond acceptors (Lipinski definition) is 11. The topological polar surface area (TPSA) is 164 Å². The molecule has 13 nitrogen and oxygen atoms in total. The summed E-state index contributed by atoms with van der Waals surface area (Å²) in [7, 11) is 0. The van der Waals surface area contributed by atoms with Crippen molar-refractivity contribution in [1.82, 2.24) is 15.0 Å². The SMILES string of the molecule is C=CCOc1ccc2c(c1)C1C(CCCCO)C(CCCCO)C=C3C(=NOCc4ccc([N+](=O)[O-])cc4)CC(n4nncc4-c4ccccc4)C(OCC=C)(O2)C31. The lowest BCUT2D eigenvalue weighted by Crippen LogP contribution is -2.63. The Morgan fingerprint density at radius 1 is 0.983 bits per heavy atom. The van der Waals surface area contributed by atoms with Crippen molar-refractivity contribution in [1.29, 1.82) is 0 Å². The first-order valence-electron chi connectivity index (χ1n) is 20.1. The van der Waals surface area contributed by atoms with Crippen LogP contribution in [0.15, 0.2) is 121 Å². The van der Waals surface area contributed by atoms with Crippen molar-refractivity contribution in [2.75, 3.05) is 26.4 Å². The number of nitro benzene ring substituents is 1. The molecule has 0 spiro atoms. The minimum absolute atomic E-state index is 0.00193. The summed E-state index contributed by atoms with van der Waals surface area (Å²) in [6.07, 6.45) is 12.5. The van der Waals surface area contributed by atoms with Crippen LogP contribution in [0.5, 0.6) is 11.5 Å². The van der Waals surface area contributed by atoms with Crippen LogP contribution in [-0.2, 0) is 16.2 Å². The fourth-order valence-electron chi connectivity index (χ4n) is 9.01. The predicted octanol–water partition coefficient (Wildman–Crippen LogP) is 8.12. The van der Waals surface area contributed by atoms with E-state index in [2.05, 4.69) is 30.4 Å². The average Bonchev–Trinajstić information content (AvgIpc) is 3.74. The van der Waals surface area contributed by atoms with Crippen molar-refractivity contribution < 1.29 is 34.2 Å². The van der Waals surface area contributed by atoms with E-state index in [1.165, 1.54) is 12.1 Å². The number of oxime groups is 1. The molecule has 1 saturated carbocycles. The summed E-state index contributed by atoms with van der Waals surface area (Å²) in [6.45, 7) is 8.70. The van der Waals surface area contributed by atoms with Gasteiger partial charge in [0.2, 0.25) is 5.79 Å². The highest BCUT2D eigenvalue weighted by Crippen LogP contribution is 2.63. The molecule has 1 aliphatic heterocycles. The molecule has 0 amide bonds. The normalized spacial score (nSPS) is 23.9. The zero-order valence-corrected chi connectivity index (χ0v) is 32.6. The molecule has 4 aromatic rings. The van der Waals surface area contributed by atoms with E-state index in [9.17, 15) is 20.3 Å². The molecule has 7 rings (SSSR count). The molecule has 58 heavy (non-hydrogen) atoms. The van der Waals surface area contributed by atoms with Crippen LogP contribution in [0.4, 0.5) is 5.69 Å². The minimum atomic E-state index is -1.32. The maximum atomic E-state index is 11.3. The third kappa shape index (κ3) is 8.33. The van der Waals surface area contributed by atoms with Crippen LogP contribution >= 0.6 is 0 Å². The molecule has 2 aliphatic carbocycles. The summed E-state index contributed by atoms with van der Waals surface area (Å²) in [5.74, 6) is -0.347. The number of unbranched alkanes of at least 4 members (excludes halogenated alkanes) is 2. The summed E-state index contributed by atoms with van der Waals surface area (Å²) in [5.41, 5.74) is 5.08. The van der Waals surface area contributed by atoms with Crippen molar-refractivity contribution in [3.8, 4) is 22.8 Å². The Hall–Kier alpha value is -5.63.